The van der Waals surface area contributed by atoms with Crippen molar-refractivity contribution in [2.75, 3.05) is 13.2 Å². The molecule has 2 amide bonds. The fraction of sp³-hybridized carbons (Fsp3) is 0.462. The molecule has 1 aromatic carbocycles. The normalized spacial score (nSPS) is 17.3. The Morgan fingerprint density at radius 2 is 2.33 bits per heavy atom. The van der Waals surface area contributed by atoms with Gasteiger partial charge in [-0.05, 0) is 42.5 Å². The van der Waals surface area contributed by atoms with Gasteiger partial charge in [-0.15, -0.1) is 0 Å². The van der Waals surface area contributed by atoms with E-state index in [1.807, 2.05) is 0 Å². The molecule has 1 atom stereocenters. The molecule has 0 aromatic heterocycles. The van der Waals surface area contributed by atoms with Gasteiger partial charge in [0.25, 0.3) is 0 Å². The minimum absolute atomic E-state index is 0.0533. The molecule has 4 nitrogen and oxygen atoms in total. The number of halogens is 1. The molecule has 0 aliphatic heterocycles. The van der Waals surface area contributed by atoms with Gasteiger partial charge >= 0.3 is 6.03 Å². The van der Waals surface area contributed by atoms with Gasteiger partial charge in [0.2, 0.25) is 0 Å². The highest BCUT2D eigenvalue weighted by atomic mass is 19.1. The van der Waals surface area contributed by atoms with Crippen LogP contribution in [-0.2, 0) is 6.42 Å². The Morgan fingerprint density at radius 1 is 1.50 bits per heavy atom. The Hall–Kier alpha value is -1.62. The summed E-state index contributed by atoms with van der Waals surface area (Å²) in [6.07, 6.45) is 2.19. The second-order valence-corrected chi connectivity index (χ2v) is 4.41. The number of aliphatic hydroxyl groups is 1. The van der Waals surface area contributed by atoms with Crippen molar-refractivity contribution in [1.29, 1.82) is 0 Å². The fourth-order valence-corrected chi connectivity index (χ4v) is 2.21. The summed E-state index contributed by atoms with van der Waals surface area (Å²) >= 11 is 0. The Balaban J connectivity index is 1.93. The van der Waals surface area contributed by atoms with Crippen LogP contribution in [0.3, 0.4) is 0 Å². The average molecular weight is 252 g/mol. The predicted octanol–water partition coefficient (Wildman–Crippen LogP) is 1.49. The summed E-state index contributed by atoms with van der Waals surface area (Å²) in [4.78, 5) is 11.6. The summed E-state index contributed by atoms with van der Waals surface area (Å²) < 4.78 is 13.2. The Labute approximate surface area is 105 Å². The lowest BCUT2D eigenvalue weighted by Crippen LogP contribution is -2.38. The zero-order valence-corrected chi connectivity index (χ0v) is 10.1. The third-order valence-electron chi connectivity index (χ3n) is 3.11. The van der Waals surface area contributed by atoms with E-state index in [2.05, 4.69) is 10.6 Å². The number of urea groups is 1. The highest BCUT2D eigenvalue weighted by molar-refractivity contribution is 5.74. The number of aryl methyl sites for hydroxylation is 1. The van der Waals surface area contributed by atoms with Crippen LogP contribution in [0, 0.1) is 5.82 Å². The van der Waals surface area contributed by atoms with Crippen LogP contribution in [0.15, 0.2) is 18.2 Å². The van der Waals surface area contributed by atoms with E-state index >= 15 is 0 Å². The largest absolute Gasteiger partial charge is 0.396 e. The van der Waals surface area contributed by atoms with Crippen molar-refractivity contribution < 1.29 is 14.3 Å². The molecule has 1 aliphatic carbocycles. The lowest BCUT2D eigenvalue weighted by atomic mass is 10.1. The van der Waals surface area contributed by atoms with Crippen LogP contribution in [0.2, 0.25) is 0 Å². The van der Waals surface area contributed by atoms with Crippen molar-refractivity contribution >= 4 is 6.03 Å². The zero-order chi connectivity index (χ0) is 13.0. The molecule has 5 heteroatoms. The first-order valence-corrected chi connectivity index (χ1v) is 6.14. The molecule has 0 spiro atoms. The number of aliphatic hydroxyl groups excluding tert-OH is 1. The van der Waals surface area contributed by atoms with E-state index in [-0.39, 0.29) is 24.5 Å². The van der Waals surface area contributed by atoms with Crippen molar-refractivity contribution in [3.05, 3.63) is 35.1 Å². The molecule has 0 saturated heterocycles. The minimum atomic E-state index is -0.275. The lowest BCUT2D eigenvalue weighted by molar-refractivity contribution is 0.234. The van der Waals surface area contributed by atoms with Gasteiger partial charge in [-0.25, -0.2) is 9.18 Å². The molecule has 0 fully saturated rings. The topological polar surface area (TPSA) is 61.4 Å². The maximum absolute atomic E-state index is 13.2. The number of fused-ring (bicyclic) bond motifs is 1. The quantitative estimate of drug-likeness (QED) is 0.711. The summed E-state index contributed by atoms with van der Waals surface area (Å²) in [5.74, 6) is -0.275. The second-order valence-electron chi connectivity index (χ2n) is 4.41. The van der Waals surface area contributed by atoms with Crippen molar-refractivity contribution in [1.82, 2.24) is 10.6 Å². The summed E-state index contributed by atoms with van der Waals surface area (Å²) in [5, 5.41) is 14.1. The molecular weight excluding hydrogens is 235 g/mol. The average Bonchev–Trinajstić information content (AvgIpc) is 2.72. The van der Waals surface area contributed by atoms with Crippen LogP contribution in [0.4, 0.5) is 9.18 Å². The molecule has 3 N–H and O–H groups in total. The van der Waals surface area contributed by atoms with Crippen molar-refractivity contribution in [3.8, 4) is 0 Å². The van der Waals surface area contributed by atoms with Crippen LogP contribution in [0.25, 0.3) is 0 Å². The molecule has 1 aromatic rings. The summed E-state index contributed by atoms with van der Waals surface area (Å²) in [6, 6.07) is 4.31. The van der Waals surface area contributed by atoms with E-state index < -0.39 is 0 Å². The zero-order valence-electron chi connectivity index (χ0n) is 10.1. The molecule has 98 valence electrons. The Morgan fingerprint density at radius 3 is 3.11 bits per heavy atom. The van der Waals surface area contributed by atoms with Gasteiger partial charge in [-0.1, -0.05) is 6.07 Å². The van der Waals surface area contributed by atoms with Gasteiger partial charge in [0.05, 0.1) is 6.04 Å². The molecule has 2 rings (SSSR count). The van der Waals surface area contributed by atoms with Gasteiger partial charge in [0.15, 0.2) is 0 Å². The summed E-state index contributed by atoms with van der Waals surface area (Å²) in [7, 11) is 0. The lowest BCUT2D eigenvalue weighted by Gasteiger charge is -2.14. The Bertz CT molecular complexity index is 437. The van der Waals surface area contributed by atoms with E-state index in [9.17, 15) is 9.18 Å². The number of hydrogen-bond donors (Lipinski definition) is 3. The van der Waals surface area contributed by atoms with E-state index in [0.29, 0.717) is 13.0 Å². The first-order valence-electron chi connectivity index (χ1n) is 6.14. The fourth-order valence-electron chi connectivity index (χ4n) is 2.21. The van der Waals surface area contributed by atoms with E-state index in [1.54, 1.807) is 6.07 Å². The molecule has 18 heavy (non-hydrogen) atoms. The molecule has 0 heterocycles. The number of carbonyl (C=O) groups is 1. The number of carbonyl (C=O) groups excluding carboxylic acids is 1. The van der Waals surface area contributed by atoms with Crippen molar-refractivity contribution in [2.24, 2.45) is 0 Å². The second kappa shape index (κ2) is 5.82. The maximum atomic E-state index is 13.2. The smallest absolute Gasteiger partial charge is 0.315 e. The SMILES string of the molecule is O=C(NCCCO)NC1CCc2ccc(F)cc21. The van der Waals surface area contributed by atoms with Gasteiger partial charge < -0.3 is 15.7 Å². The summed E-state index contributed by atoms with van der Waals surface area (Å²) in [5.41, 5.74) is 1.96. The summed E-state index contributed by atoms with van der Waals surface area (Å²) in [6.45, 7) is 0.489. The number of hydrogen-bond acceptors (Lipinski definition) is 2. The van der Waals surface area contributed by atoms with Crippen LogP contribution in [0.5, 0.6) is 0 Å². The van der Waals surface area contributed by atoms with E-state index in [0.717, 1.165) is 24.0 Å². The van der Waals surface area contributed by atoms with Gasteiger partial charge in [-0.3, -0.25) is 0 Å². The van der Waals surface area contributed by atoms with Crippen LogP contribution in [0.1, 0.15) is 30.0 Å². The number of rotatable bonds is 4. The van der Waals surface area contributed by atoms with Crippen molar-refractivity contribution in [3.63, 3.8) is 0 Å². The molecule has 1 unspecified atom stereocenters. The third-order valence-corrected chi connectivity index (χ3v) is 3.11. The number of benzene rings is 1. The van der Waals surface area contributed by atoms with Gasteiger partial charge in [-0.2, -0.15) is 0 Å². The van der Waals surface area contributed by atoms with Crippen molar-refractivity contribution in [2.45, 2.75) is 25.3 Å². The highest BCUT2D eigenvalue weighted by Crippen LogP contribution is 2.31. The van der Waals surface area contributed by atoms with Crippen LogP contribution < -0.4 is 10.6 Å². The van der Waals surface area contributed by atoms with E-state index in [1.165, 1.54) is 12.1 Å². The monoisotopic (exact) mass is 252 g/mol. The number of amides is 2. The predicted molar refractivity (Wildman–Crippen MR) is 65.7 cm³/mol. The number of nitrogens with one attached hydrogen (secondary N) is 2. The molecule has 1 aliphatic rings. The Kier molecular flexibility index (Phi) is 4.15. The first kappa shape index (κ1) is 12.8. The molecule has 0 radical (unpaired) electrons. The van der Waals surface area contributed by atoms with Crippen LogP contribution >= 0.6 is 0 Å². The third kappa shape index (κ3) is 2.98. The molecule has 0 bridgehead atoms. The minimum Gasteiger partial charge on any atom is -0.396 e. The van der Waals surface area contributed by atoms with Gasteiger partial charge in [0.1, 0.15) is 5.82 Å². The first-order chi connectivity index (χ1) is 8.70. The van der Waals surface area contributed by atoms with Crippen LogP contribution in [-0.4, -0.2) is 24.3 Å². The maximum Gasteiger partial charge on any atom is 0.315 e. The van der Waals surface area contributed by atoms with E-state index in [4.69, 9.17) is 5.11 Å². The molecule has 0 saturated carbocycles. The highest BCUT2D eigenvalue weighted by Gasteiger charge is 2.24. The van der Waals surface area contributed by atoms with Gasteiger partial charge in [0, 0.05) is 13.2 Å². The molecular formula is C13H17FN2O2. The standard InChI is InChI=1S/C13H17FN2O2/c14-10-4-2-9-3-5-12(11(9)8-10)16-13(18)15-6-1-7-17/h2,4,8,12,17H,1,3,5-7H2,(H2,15,16,18).